The molecular weight excluding hydrogens is 475 g/mol. The molecule has 3 aromatic heterocycles. The normalized spacial score (nSPS) is 11.2. The van der Waals surface area contributed by atoms with Gasteiger partial charge in [0.05, 0.1) is 17.9 Å². The van der Waals surface area contributed by atoms with E-state index in [9.17, 15) is 18.0 Å². The van der Waals surface area contributed by atoms with Crippen LogP contribution >= 0.6 is 0 Å². The monoisotopic (exact) mass is 503 g/mol. The number of hydrogen-bond donors (Lipinski definition) is 2. The second-order valence-electron chi connectivity index (χ2n) is 7.71. The van der Waals surface area contributed by atoms with Crippen molar-refractivity contribution in [2.75, 3.05) is 6.61 Å². The average Bonchev–Trinajstić information content (AvgIpc) is 3.54. The summed E-state index contributed by atoms with van der Waals surface area (Å²) in [5.41, 5.74) is 2.31. The third kappa shape index (κ3) is 7.03. The molecule has 3 heterocycles. The van der Waals surface area contributed by atoms with Crippen molar-refractivity contribution in [3.63, 3.8) is 0 Å². The highest BCUT2D eigenvalue weighted by molar-refractivity contribution is 5.81. The van der Waals surface area contributed by atoms with Gasteiger partial charge in [0.2, 0.25) is 5.82 Å². The van der Waals surface area contributed by atoms with Crippen LogP contribution in [0.4, 0.5) is 13.2 Å². The number of tetrazole rings is 1. The van der Waals surface area contributed by atoms with Gasteiger partial charge in [-0.1, -0.05) is 13.8 Å². The maximum atomic E-state index is 13.0. The van der Waals surface area contributed by atoms with Crippen molar-refractivity contribution in [2.24, 2.45) is 7.05 Å². The number of aryl methyl sites for hydroxylation is 1. The Hall–Kier alpha value is -3.96. The van der Waals surface area contributed by atoms with Gasteiger partial charge in [-0.25, -0.2) is 0 Å². The van der Waals surface area contributed by atoms with Crippen molar-refractivity contribution < 1.29 is 17.9 Å². The molecule has 0 saturated heterocycles. The number of aromatic amines is 2. The van der Waals surface area contributed by atoms with Crippen molar-refractivity contribution in [1.29, 1.82) is 0 Å². The molecule has 0 aliphatic carbocycles. The Morgan fingerprint density at radius 1 is 1.06 bits per heavy atom. The van der Waals surface area contributed by atoms with Crippen LogP contribution in [-0.2, 0) is 7.05 Å². The molecule has 0 atom stereocenters. The van der Waals surface area contributed by atoms with Crippen molar-refractivity contribution >= 4 is 0 Å². The first-order valence-corrected chi connectivity index (χ1v) is 11.6. The topological polar surface area (TPSA) is 114 Å². The van der Waals surface area contributed by atoms with Crippen LogP contribution in [0.1, 0.15) is 39.5 Å². The van der Waals surface area contributed by atoms with Crippen LogP contribution in [-0.4, -0.2) is 48.2 Å². The predicted octanol–water partition coefficient (Wildman–Crippen LogP) is 5.15. The Bertz CT molecular complexity index is 1280. The van der Waals surface area contributed by atoms with E-state index >= 15 is 0 Å². The highest BCUT2D eigenvalue weighted by Gasteiger charge is 2.25. The van der Waals surface area contributed by atoms with Crippen LogP contribution < -0.4 is 10.3 Å². The third-order valence-electron chi connectivity index (χ3n) is 5.13. The summed E-state index contributed by atoms with van der Waals surface area (Å²) in [6.07, 6.45) is -2.04. The van der Waals surface area contributed by atoms with Crippen molar-refractivity contribution in [3.05, 3.63) is 52.9 Å². The van der Waals surface area contributed by atoms with Crippen molar-refractivity contribution in [1.82, 2.24) is 35.4 Å². The van der Waals surface area contributed by atoms with Gasteiger partial charge in [-0.15, -0.1) is 10.2 Å². The summed E-state index contributed by atoms with van der Waals surface area (Å²) in [4.78, 5) is 15.8. The Balaban J connectivity index is 0.00000176. The number of rotatable bonds is 9. The van der Waals surface area contributed by atoms with E-state index in [4.69, 9.17) is 4.74 Å². The Kier molecular flexibility index (Phi) is 8.98. The fourth-order valence-electron chi connectivity index (χ4n) is 3.49. The minimum Gasteiger partial charge on any atom is -0.494 e. The molecule has 1 aromatic carbocycles. The van der Waals surface area contributed by atoms with Crippen LogP contribution in [0.15, 0.2) is 47.4 Å². The summed E-state index contributed by atoms with van der Waals surface area (Å²) < 4.78 is 43.8. The van der Waals surface area contributed by atoms with Gasteiger partial charge in [0.1, 0.15) is 5.75 Å². The van der Waals surface area contributed by atoms with E-state index in [2.05, 4.69) is 30.7 Å². The number of alkyl halides is 3. The standard InChI is InChI=1S/C22H22F3N7O2.C2H6/c1-32-11-9-17(29-32)16-13-18(26-21(33)19(16)20-27-30-31-28-20)14-5-7-15(8-6-14)34-12-4-2-3-10-22(23,24)25;1-2/h5-9,11,13H,2-4,10,12H2,1H3,(H,26,33)(H,27,28,30,31);1-2H3. The number of hydrogen-bond acceptors (Lipinski definition) is 6. The fraction of sp³-hybridized carbons (Fsp3) is 0.375. The van der Waals surface area contributed by atoms with E-state index in [-0.39, 0.29) is 17.8 Å². The Morgan fingerprint density at radius 3 is 2.42 bits per heavy atom. The quantitative estimate of drug-likeness (QED) is 0.305. The summed E-state index contributed by atoms with van der Waals surface area (Å²) in [5, 5.41) is 18.2. The molecule has 0 spiro atoms. The number of ether oxygens (including phenoxy) is 1. The molecule has 0 saturated carbocycles. The van der Waals surface area contributed by atoms with Gasteiger partial charge in [0.15, 0.2) is 0 Å². The molecule has 36 heavy (non-hydrogen) atoms. The van der Waals surface area contributed by atoms with Gasteiger partial charge >= 0.3 is 6.18 Å². The molecule has 0 aliphatic heterocycles. The zero-order valence-corrected chi connectivity index (χ0v) is 20.3. The van der Waals surface area contributed by atoms with E-state index in [0.717, 1.165) is 5.56 Å². The molecule has 0 fully saturated rings. The number of nitrogens with zero attached hydrogens (tertiary/aromatic N) is 5. The molecule has 0 unspecified atom stereocenters. The maximum Gasteiger partial charge on any atom is 0.389 e. The lowest BCUT2D eigenvalue weighted by Crippen LogP contribution is -2.13. The number of nitrogens with one attached hydrogen (secondary N) is 2. The Morgan fingerprint density at radius 2 is 1.81 bits per heavy atom. The summed E-state index contributed by atoms with van der Waals surface area (Å²) in [5.74, 6) is 0.753. The van der Waals surface area contributed by atoms with Gasteiger partial charge in [-0.3, -0.25) is 9.48 Å². The maximum absolute atomic E-state index is 13.0. The molecule has 2 N–H and O–H groups in total. The summed E-state index contributed by atoms with van der Waals surface area (Å²) in [6.45, 7) is 4.33. The first kappa shape index (κ1) is 26.6. The van der Waals surface area contributed by atoms with Gasteiger partial charge in [0, 0.05) is 30.9 Å². The van der Waals surface area contributed by atoms with Gasteiger partial charge in [-0.2, -0.15) is 23.5 Å². The molecule has 0 amide bonds. The molecule has 0 bridgehead atoms. The predicted molar refractivity (Wildman–Crippen MR) is 129 cm³/mol. The summed E-state index contributed by atoms with van der Waals surface area (Å²) in [6, 6.07) is 10.7. The molecule has 12 heteroatoms. The number of benzene rings is 1. The fourth-order valence-corrected chi connectivity index (χ4v) is 3.49. The number of unbranched alkanes of at least 4 members (excludes halogenated alkanes) is 2. The molecule has 0 aliphatic rings. The first-order valence-electron chi connectivity index (χ1n) is 11.6. The SMILES string of the molecule is CC.Cn1ccc(-c2cc(-c3ccc(OCCCCCC(F)(F)F)cc3)[nH]c(=O)c2-c2nn[nH]n2)n1. The van der Waals surface area contributed by atoms with Crippen LogP contribution in [0.25, 0.3) is 33.9 Å². The van der Waals surface area contributed by atoms with Crippen LogP contribution in [0.5, 0.6) is 5.75 Å². The van der Waals surface area contributed by atoms with Crippen molar-refractivity contribution in [2.45, 2.75) is 45.7 Å². The molecule has 0 radical (unpaired) electrons. The Labute approximate surface area is 205 Å². The summed E-state index contributed by atoms with van der Waals surface area (Å²) >= 11 is 0. The third-order valence-corrected chi connectivity index (χ3v) is 5.13. The lowest BCUT2D eigenvalue weighted by Gasteiger charge is -2.10. The highest BCUT2D eigenvalue weighted by Crippen LogP contribution is 2.30. The van der Waals surface area contributed by atoms with Gasteiger partial charge in [-0.05, 0) is 66.4 Å². The lowest BCUT2D eigenvalue weighted by molar-refractivity contribution is -0.135. The van der Waals surface area contributed by atoms with E-state index in [1.165, 1.54) is 0 Å². The molecule has 4 rings (SSSR count). The highest BCUT2D eigenvalue weighted by atomic mass is 19.4. The lowest BCUT2D eigenvalue weighted by atomic mass is 10.0. The second kappa shape index (κ2) is 12.1. The molecule has 192 valence electrons. The number of H-pyrrole nitrogens is 2. The van der Waals surface area contributed by atoms with E-state index < -0.39 is 18.2 Å². The second-order valence-corrected chi connectivity index (χ2v) is 7.71. The van der Waals surface area contributed by atoms with E-state index in [0.29, 0.717) is 42.1 Å². The molecular formula is C24H28F3N7O2. The smallest absolute Gasteiger partial charge is 0.389 e. The summed E-state index contributed by atoms with van der Waals surface area (Å²) in [7, 11) is 1.78. The van der Waals surface area contributed by atoms with Crippen LogP contribution in [0.3, 0.4) is 0 Å². The van der Waals surface area contributed by atoms with Crippen LogP contribution in [0.2, 0.25) is 0 Å². The van der Waals surface area contributed by atoms with E-state index in [1.54, 1.807) is 54.3 Å². The number of halogens is 3. The van der Waals surface area contributed by atoms with Gasteiger partial charge < -0.3 is 9.72 Å². The minimum absolute atomic E-state index is 0.0949. The number of pyridine rings is 1. The minimum atomic E-state index is -4.11. The molecule has 4 aromatic rings. The number of aromatic nitrogens is 7. The van der Waals surface area contributed by atoms with Crippen LogP contribution in [0, 0.1) is 0 Å². The van der Waals surface area contributed by atoms with Gasteiger partial charge in [0.25, 0.3) is 5.56 Å². The zero-order chi connectivity index (χ0) is 26.1. The molecule has 9 nitrogen and oxygen atoms in total. The van der Waals surface area contributed by atoms with E-state index in [1.807, 2.05) is 13.8 Å². The largest absolute Gasteiger partial charge is 0.494 e. The first-order chi connectivity index (χ1) is 17.3. The zero-order valence-electron chi connectivity index (χ0n) is 20.3. The average molecular weight is 504 g/mol. The van der Waals surface area contributed by atoms with Crippen molar-refractivity contribution in [3.8, 4) is 39.7 Å².